The van der Waals surface area contributed by atoms with Gasteiger partial charge >= 0.3 is 0 Å². The van der Waals surface area contributed by atoms with Gasteiger partial charge < -0.3 is 10.2 Å². The third kappa shape index (κ3) is 3.09. The first-order valence-corrected chi connectivity index (χ1v) is 8.16. The largest absolute Gasteiger partial charge is 0.342 e. The second-order valence-corrected chi connectivity index (χ2v) is 8.63. The molecule has 0 spiro atoms. The molecule has 2 amide bonds. The van der Waals surface area contributed by atoms with E-state index in [1.165, 1.54) is 6.42 Å². The Morgan fingerprint density at radius 3 is 2.24 bits per heavy atom. The van der Waals surface area contributed by atoms with E-state index in [1.807, 2.05) is 39.5 Å². The average molecular weight is 294 g/mol. The van der Waals surface area contributed by atoms with Gasteiger partial charge in [0, 0.05) is 6.54 Å². The van der Waals surface area contributed by atoms with Crippen molar-refractivity contribution in [3.63, 3.8) is 0 Å². The standard InChI is InChI=1S/C17H30N2O2/c1-11(2)12-14(20)18-13(16(3,4)5)15(21)19(12)10-17(6)8-7-9-17/h11-13H,7-10H2,1-6H3,(H,18,20). The first kappa shape index (κ1) is 16.3. The maximum absolute atomic E-state index is 13.0. The van der Waals surface area contributed by atoms with Crippen molar-refractivity contribution in [1.29, 1.82) is 0 Å². The minimum absolute atomic E-state index is 0.00690. The van der Waals surface area contributed by atoms with E-state index in [0.717, 1.165) is 12.8 Å². The predicted octanol–water partition coefficient (Wildman–Crippen LogP) is 2.57. The van der Waals surface area contributed by atoms with Crippen LogP contribution >= 0.6 is 0 Å². The van der Waals surface area contributed by atoms with Crippen LogP contribution in [0.25, 0.3) is 0 Å². The van der Waals surface area contributed by atoms with Gasteiger partial charge in [0.15, 0.2) is 0 Å². The normalized spacial score (nSPS) is 29.4. The fourth-order valence-corrected chi connectivity index (χ4v) is 3.51. The van der Waals surface area contributed by atoms with E-state index < -0.39 is 6.04 Å². The molecule has 1 saturated heterocycles. The molecule has 120 valence electrons. The van der Waals surface area contributed by atoms with Crippen molar-refractivity contribution in [1.82, 2.24) is 10.2 Å². The van der Waals surface area contributed by atoms with E-state index in [0.29, 0.717) is 6.54 Å². The summed E-state index contributed by atoms with van der Waals surface area (Å²) in [6.45, 7) is 13.0. The minimum Gasteiger partial charge on any atom is -0.342 e. The summed E-state index contributed by atoms with van der Waals surface area (Å²) in [5.41, 5.74) is -0.0592. The van der Waals surface area contributed by atoms with Crippen molar-refractivity contribution in [2.45, 2.75) is 72.9 Å². The zero-order chi connectivity index (χ0) is 16.0. The van der Waals surface area contributed by atoms with Crippen LogP contribution in [0.15, 0.2) is 0 Å². The predicted molar refractivity (Wildman–Crippen MR) is 83.7 cm³/mol. The number of hydrogen-bond acceptors (Lipinski definition) is 2. The van der Waals surface area contributed by atoms with Crippen LogP contribution in [-0.2, 0) is 9.59 Å². The lowest BCUT2D eigenvalue weighted by Crippen LogP contribution is -2.69. The lowest BCUT2D eigenvalue weighted by Gasteiger charge is -2.49. The highest BCUT2D eigenvalue weighted by Crippen LogP contribution is 2.42. The van der Waals surface area contributed by atoms with Crippen LogP contribution in [0.1, 0.15) is 60.8 Å². The Hall–Kier alpha value is -1.06. The van der Waals surface area contributed by atoms with Gasteiger partial charge in [-0.2, -0.15) is 0 Å². The summed E-state index contributed by atoms with van der Waals surface area (Å²) < 4.78 is 0. The van der Waals surface area contributed by atoms with Crippen molar-refractivity contribution in [2.24, 2.45) is 16.7 Å². The van der Waals surface area contributed by atoms with Gasteiger partial charge in [0.1, 0.15) is 12.1 Å². The van der Waals surface area contributed by atoms with Crippen molar-refractivity contribution in [2.75, 3.05) is 6.54 Å². The number of nitrogens with zero attached hydrogens (tertiary/aromatic N) is 1. The van der Waals surface area contributed by atoms with Gasteiger partial charge in [0.2, 0.25) is 11.8 Å². The van der Waals surface area contributed by atoms with E-state index in [2.05, 4.69) is 12.2 Å². The first-order valence-electron chi connectivity index (χ1n) is 8.16. The Morgan fingerprint density at radius 2 is 1.86 bits per heavy atom. The van der Waals surface area contributed by atoms with Crippen LogP contribution in [0.2, 0.25) is 0 Å². The molecule has 4 heteroatoms. The van der Waals surface area contributed by atoms with Gasteiger partial charge in [-0.1, -0.05) is 48.0 Å². The third-order valence-electron chi connectivity index (χ3n) is 5.03. The van der Waals surface area contributed by atoms with E-state index in [1.54, 1.807) is 0 Å². The minimum atomic E-state index is -0.413. The monoisotopic (exact) mass is 294 g/mol. The molecular formula is C17H30N2O2. The molecule has 4 nitrogen and oxygen atoms in total. The molecule has 2 rings (SSSR count). The molecule has 2 unspecified atom stereocenters. The summed E-state index contributed by atoms with van der Waals surface area (Å²) in [4.78, 5) is 27.4. The molecule has 1 aliphatic heterocycles. The van der Waals surface area contributed by atoms with E-state index in [9.17, 15) is 9.59 Å². The summed E-state index contributed by atoms with van der Waals surface area (Å²) in [5, 5.41) is 2.96. The first-order chi connectivity index (χ1) is 9.55. The molecule has 21 heavy (non-hydrogen) atoms. The Bertz CT molecular complexity index is 433. The van der Waals surface area contributed by atoms with Gasteiger partial charge in [-0.15, -0.1) is 0 Å². The molecule has 0 bridgehead atoms. The van der Waals surface area contributed by atoms with E-state index in [4.69, 9.17) is 0 Å². The van der Waals surface area contributed by atoms with Crippen LogP contribution < -0.4 is 5.32 Å². The van der Waals surface area contributed by atoms with Gasteiger partial charge in [0.05, 0.1) is 0 Å². The number of piperazine rings is 1. The van der Waals surface area contributed by atoms with E-state index in [-0.39, 0.29) is 34.6 Å². The molecule has 2 atom stereocenters. The molecule has 0 aromatic rings. The molecule has 0 aromatic carbocycles. The summed E-state index contributed by atoms with van der Waals surface area (Å²) >= 11 is 0. The molecule has 0 aromatic heterocycles. The number of nitrogens with one attached hydrogen (secondary N) is 1. The quantitative estimate of drug-likeness (QED) is 0.869. The molecular weight excluding hydrogens is 264 g/mol. The van der Waals surface area contributed by atoms with Crippen molar-refractivity contribution < 1.29 is 9.59 Å². The number of carbonyl (C=O) groups is 2. The fraction of sp³-hybridized carbons (Fsp3) is 0.882. The Balaban J connectivity index is 2.28. The number of carbonyl (C=O) groups excluding carboxylic acids is 2. The topological polar surface area (TPSA) is 49.4 Å². The molecule has 1 saturated carbocycles. The maximum atomic E-state index is 13.0. The molecule has 0 radical (unpaired) electrons. The van der Waals surface area contributed by atoms with Gasteiger partial charge in [0.25, 0.3) is 0 Å². The van der Waals surface area contributed by atoms with Gasteiger partial charge in [-0.05, 0) is 29.6 Å². The second-order valence-electron chi connectivity index (χ2n) is 8.63. The van der Waals surface area contributed by atoms with Crippen LogP contribution in [0.3, 0.4) is 0 Å². The third-order valence-corrected chi connectivity index (χ3v) is 5.03. The zero-order valence-corrected chi connectivity index (χ0v) is 14.3. The number of rotatable bonds is 3. The van der Waals surface area contributed by atoms with Crippen LogP contribution in [0.4, 0.5) is 0 Å². The molecule has 1 heterocycles. The summed E-state index contributed by atoms with van der Waals surface area (Å²) in [5.74, 6) is 0.236. The van der Waals surface area contributed by atoms with Crippen LogP contribution in [0.5, 0.6) is 0 Å². The van der Waals surface area contributed by atoms with Crippen LogP contribution in [0, 0.1) is 16.7 Å². The lowest BCUT2D eigenvalue weighted by molar-refractivity contribution is -0.157. The molecule has 2 fully saturated rings. The number of hydrogen-bond donors (Lipinski definition) is 1. The maximum Gasteiger partial charge on any atom is 0.246 e. The molecule has 1 aliphatic carbocycles. The molecule has 1 N–H and O–H groups in total. The average Bonchev–Trinajstić information content (AvgIpc) is 2.29. The Morgan fingerprint density at radius 1 is 1.29 bits per heavy atom. The van der Waals surface area contributed by atoms with Crippen LogP contribution in [-0.4, -0.2) is 35.3 Å². The molecule has 2 aliphatic rings. The van der Waals surface area contributed by atoms with E-state index >= 15 is 0 Å². The fourth-order valence-electron chi connectivity index (χ4n) is 3.51. The summed E-state index contributed by atoms with van der Waals surface area (Å²) in [6.07, 6.45) is 3.55. The zero-order valence-electron chi connectivity index (χ0n) is 14.3. The summed E-state index contributed by atoms with van der Waals surface area (Å²) in [6, 6.07) is -0.739. The lowest BCUT2D eigenvalue weighted by atomic mass is 9.69. The highest BCUT2D eigenvalue weighted by atomic mass is 16.2. The second kappa shape index (κ2) is 5.29. The Labute approximate surface area is 128 Å². The highest BCUT2D eigenvalue weighted by Gasteiger charge is 2.48. The van der Waals surface area contributed by atoms with Crippen molar-refractivity contribution >= 4 is 11.8 Å². The summed E-state index contributed by atoms with van der Waals surface area (Å²) in [7, 11) is 0. The SMILES string of the molecule is CC(C)C1C(=O)NC(C(C)(C)C)C(=O)N1CC1(C)CCC1. The number of amides is 2. The Kier molecular flexibility index (Phi) is 4.11. The highest BCUT2D eigenvalue weighted by molar-refractivity contribution is 5.97. The smallest absolute Gasteiger partial charge is 0.246 e. The van der Waals surface area contributed by atoms with Gasteiger partial charge in [-0.25, -0.2) is 0 Å². The van der Waals surface area contributed by atoms with Crippen molar-refractivity contribution in [3.8, 4) is 0 Å². The van der Waals surface area contributed by atoms with Gasteiger partial charge in [-0.3, -0.25) is 9.59 Å². The van der Waals surface area contributed by atoms with Crippen molar-refractivity contribution in [3.05, 3.63) is 0 Å².